The minimum atomic E-state index is -0.361. The second-order valence-corrected chi connectivity index (χ2v) is 7.19. The number of nitrogens with two attached hydrogens (primary N) is 1. The van der Waals surface area contributed by atoms with Crippen molar-refractivity contribution in [2.45, 2.75) is 24.3 Å². The number of anilines is 2. The first kappa shape index (κ1) is 17.9. The highest BCUT2D eigenvalue weighted by Gasteiger charge is 2.18. The van der Waals surface area contributed by atoms with Crippen LogP contribution in [0.2, 0.25) is 0 Å². The Morgan fingerprint density at radius 2 is 1.77 bits per heavy atom. The molecule has 3 N–H and O–H groups in total. The minimum absolute atomic E-state index is 0.109. The van der Waals surface area contributed by atoms with Crippen molar-refractivity contribution in [3.05, 3.63) is 66.4 Å². The van der Waals surface area contributed by atoms with E-state index in [2.05, 4.69) is 15.3 Å². The molecule has 5 nitrogen and oxygen atoms in total. The van der Waals surface area contributed by atoms with Crippen LogP contribution < -0.4 is 11.1 Å². The van der Waals surface area contributed by atoms with Crippen molar-refractivity contribution in [1.82, 2.24) is 9.97 Å². The second-order valence-electron chi connectivity index (χ2n) is 5.88. The van der Waals surface area contributed by atoms with Crippen molar-refractivity contribution in [1.29, 1.82) is 0 Å². The van der Waals surface area contributed by atoms with Crippen molar-refractivity contribution in [2.24, 2.45) is 0 Å². The van der Waals surface area contributed by atoms with E-state index in [0.717, 1.165) is 22.5 Å². The molecule has 0 saturated heterocycles. The number of carbonyl (C=O) groups is 1. The molecule has 0 fully saturated rings. The van der Waals surface area contributed by atoms with Crippen molar-refractivity contribution >= 4 is 29.2 Å². The fraction of sp³-hybridized carbons (Fsp3) is 0.150. The third-order valence-corrected chi connectivity index (χ3v) is 4.74. The van der Waals surface area contributed by atoms with Gasteiger partial charge in [-0.15, -0.1) is 0 Å². The van der Waals surface area contributed by atoms with Crippen LogP contribution in [0.4, 0.5) is 11.5 Å². The fourth-order valence-corrected chi connectivity index (χ4v) is 3.36. The Kier molecular flexibility index (Phi) is 5.53. The zero-order chi connectivity index (χ0) is 18.5. The Bertz CT molecular complexity index is 894. The number of nitrogens with one attached hydrogen (secondary N) is 1. The number of amides is 1. The van der Waals surface area contributed by atoms with Gasteiger partial charge in [-0.05, 0) is 25.5 Å². The number of aryl methyl sites for hydroxylation is 1. The van der Waals surface area contributed by atoms with Crippen LogP contribution in [0, 0.1) is 6.92 Å². The van der Waals surface area contributed by atoms with E-state index in [0.29, 0.717) is 11.0 Å². The topological polar surface area (TPSA) is 80.9 Å². The molecule has 0 radical (unpaired) electrons. The predicted molar refractivity (Wildman–Crippen MR) is 107 cm³/mol. The summed E-state index contributed by atoms with van der Waals surface area (Å²) >= 11 is 1.29. The number of nitrogen functional groups attached to an aromatic ring is 1. The smallest absolute Gasteiger partial charge is 0.237 e. The number of aromatic nitrogens is 2. The summed E-state index contributed by atoms with van der Waals surface area (Å²) in [6, 6.07) is 19.4. The molecule has 2 aromatic carbocycles. The van der Waals surface area contributed by atoms with Crippen LogP contribution in [0.15, 0.2) is 65.8 Å². The number of carbonyl (C=O) groups excluding carboxylic acids is 1. The van der Waals surface area contributed by atoms with Gasteiger partial charge in [-0.2, -0.15) is 0 Å². The first-order chi connectivity index (χ1) is 12.5. The van der Waals surface area contributed by atoms with Crippen LogP contribution in [0.25, 0.3) is 11.1 Å². The molecular weight excluding hydrogens is 344 g/mol. The Labute approximate surface area is 157 Å². The van der Waals surface area contributed by atoms with Gasteiger partial charge in [0.15, 0.2) is 5.16 Å². The first-order valence-corrected chi connectivity index (χ1v) is 9.14. The largest absolute Gasteiger partial charge is 0.384 e. The van der Waals surface area contributed by atoms with Gasteiger partial charge < -0.3 is 11.1 Å². The van der Waals surface area contributed by atoms with Gasteiger partial charge >= 0.3 is 0 Å². The maximum Gasteiger partial charge on any atom is 0.237 e. The van der Waals surface area contributed by atoms with Gasteiger partial charge in [0.25, 0.3) is 0 Å². The van der Waals surface area contributed by atoms with Crippen LogP contribution in [0.1, 0.15) is 12.6 Å². The molecule has 6 heteroatoms. The monoisotopic (exact) mass is 364 g/mol. The highest BCUT2D eigenvalue weighted by molar-refractivity contribution is 8.00. The summed E-state index contributed by atoms with van der Waals surface area (Å²) in [5, 5.41) is 3.15. The summed E-state index contributed by atoms with van der Waals surface area (Å²) in [4.78, 5) is 21.2. The predicted octanol–water partition coefficient (Wildman–Crippen LogP) is 4.15. The van der Waals surface area contributed by atoms with E-state index in [-0.39, 0.29) is 11.2 Å². The molecule has 1 aromatic heterocycles. The SMILES string of the molecule is Cc1cc(N)nc(SC(C)C(=O)Nc2ccccc2-c2ccccc2)n1. The van der Waals surface area contributed by atoms with E-state index in [1.807, 2.05) is 68.4 Å². The molecule has 132 valence electrons. The summed E-state index contributed by atoms with van der Waals surface area (Å²) in [7, 11) is 0. The molecule has 0 aliphatic heterocycles. The third kappa shape index (κ3) is 4.40. The number of thioether (sulfide) groups is 1. The molecule has 0 bridgehead atoms. The van der Waals surface area contributed by atoms with E-state index in [1.165, 1.54) is 11.8 Å². The van der Waals surface area contributed by atoms with Gasteiger partial charge in [0.2, 0.25) is 5.91 Å². The quantitative estimate of drug-likeness (QED) is 0.525. The summed E-state index contributed by atoms with van der Waals surface area (Å²) in [5.41, 5.74) is 9.35. The Morgan fingerprint density at radius 3 is 2.50 bits per heavy atom. The molecule has 0 saturated carbocycles. The average Bonchev–Trinajstić information content (AvgIpc) is 2.62. The van der Waals surface area contributed by atoms with E-state index in [1.54, 1.807) is 6.07 Å². The highest BCUT2D eigenvalue weighted by Crippen LogP contribution is 2.29. The van der Waals surface area contributed by atoms with Crippen molar-refractivity contribution in [3.63, 3.8) is 0 Å². The zero-order valence-electron chi connectivity index (χ0n) is 14.6. The molecule has 0 spiro atoms. The molecule has 26 heavy (non-hydrogen) atoms. The standard InChI is InChI=1S/C20H20N4OS/c1-13-12-18(21)24-20(22-13)26-14(2)19(25)23-17-11-7-6-10-16(17)15-8-4-3-5-9-15/h3-12,14H,1-2H3,(H,23,25)(H2,21,22,24). The van der Waals surface area contributed by atoms with Crippen LogP contribution in [-0.4, -0.2) is 21.1 Å². The van der Waals surface area contributed by atoms with Gasteiger partial charge in [-0.1, -0.05) is 60.3 Å². The van der Waals surface area contributed by atoms with Gasteiger partial charge in [0, 0.05) is 23.0 Å². The van der Waals surface area contributed by atoms with Crippen LogP contribution >= 0.6 is 11.8 Å². The summed E-state index contributed by atoms with van der Waals surface area (Å²) in [6.07, 6.45) is 0. The zero-order valence-corrected chi connectivity index (χ0v) is 15.5. The number of para-hydroxylation sites is 1. The van der Waals surface area contributed by atoms with Gasteiger partial charge in [0.05, 0.1) is 5.25 Å². The van der Waals surface area contributed by atoms with Gasteiger partial charge in [0.1, 0.15) is 5.82 Å². The number of benzene rings is 2. The molecular formula is C20H20N4OS. The van der Waals surface area contributed by atoms with Crippen LogP contribution in [0.3, 0.4) is 0 Å². The van der Waals surface area contributed by atoms with E-state index in [4.69, 9.17) is 5.73 Å². The Morgan fingerprint density at radius 1 is 1.08 bits per heavy atom. The molecule has 0 aliphatic rings. The van der Waals surface area contributed by atoms with Gasteiger partial charge in [-0.25, -0.2) is 9.97 Å². The molecule has 3 rings (SSSR count). The third-order valence-electron chi connectivity index (χ3n) is 3.77. The minimum Gasteiger partial charge on any atom is -0.384 e. The van der Waals surface area contributed by atoms with Crippen molar-refractivity contribution in [2.75, 3.05) is 11.1 Å². The lowest BCUT2D eigenvalue weighted by Gasteiger charge is -2.14. The summed E-state index contributed by atoms with van der Waals surface area (Å²) < 4.78 is 0. The summed E-state index contributed by atoms with van der Waals surface area (Å²) in [6.45, 7) is 3.68. The van der Waals surface area contributed by atoms with Crippen molar-refractivity contribution < 1.29 is 4.79 Å². The number of nitrogens with zero attached hydrogens (tertiary/aromatic N) is 2. The lowest BCUT2D eigenvalue weighted by molar-refractivity contribution is -0.115. The Hall–Kier alpha value is -2.86. The first-order valence-electron chi connectivity index (χ1n) is 8.26. The number of hydrogen-bond acceptors (Lipinski definition) is 5. The molecule has 1 unspecified atom stereocenters. The fourth-order valence-electron chi connectivity index (χ4n) is 2.53. The molecule has 1 amide bonds. The van der Waals surface area contributed by atoms with E-state index in [9.17, 15) is 4.79 Å². The number of rotatable bonds is 5. The second kappa shape index (κ2) is 8.01. The average molecular weight is 364 g/mol. The summed E-state index contributed by atoms with van der Waals surface area (Å²) in [5.74, 6) is 0.295. The normalized spacial score (nSPS) is 11.8. The number of hydrogen-bond donors (Lipinski definition) is 2. The molecule has 0 aliphatic carbocycles. The maximum absolute atomic E-state index is 12.7. The highest BCUT2D eigenvalue weighted by atomic mass is 32.2. The lowest BCUT2D eigenvalue weighted by Crippen LogP contribution is -2.23. The molecule has 3 aromatic rings. The lowest BCUT2D eigenvalue weighted by atomic mass is 10.0. The van der Waals surface area contributed by atoms with Crippen LogP contribution in [0.5, 0.6) is 0 Å². The van der Waals surface area contributed by atoms with E-state index < -0.39 is 0 Å². The van der Waals surface area contributed by atoms with Crippen molar-refractivity contribution in [3.8, 4) is 11.1 Å². The van der Waals surface area contributed by atoms with Crippen LogP contribution in [-0.2, 0) is 4.79 Å². The van der Waals surface area contributed by atoms with Gasteiger partial charge in [-0.3, -0.25) is 4.79 Å². The maximum atomic E-state index is 12.7. The molecule has 1 atom stereocenters. The Balaban J connectivity index is 1.76. The molecule has 1 heterocycles. The van der Waals surface area contributed by atoms with E-state index >= 15 is 0 Å².